The summed E-state index contributed by atoms with van der Waals surface area (Å²) in [6.07, 6.45) is 0. The summed E-state index contributed by atoms with van der Waals surface area (Å²) in [5, 5.41) is 0.920. The van der Waals surface area contributed by atoms with Gasteiger partial charge in [0.2, 0.25) is 0 Å². The summed E-state index contributed by atoms with van der Waals surface area (Å²) >= 11 is 0. The van der Waals surface area contributed by atoms with Crippen LogP contribution in [0.5, 0.6) is 5.75 Å². The van der Waals surface area contributed by atoms with Gasteiger partial charge in [-0.15, -0.1) is 0 Å². The number of carbonyl (C=O) groups is 1. The van der Waals surface area contributed by atoms with Gasteiger partial charge in [-0.05, 0) is 24.6 Å². The molecule has 3 rings (SSSR count). The third-order valence-electron chi connectivity index (χ3n) is 3.39. The van der Waals surface area contributed by atoms with E-state index in [1.165, 1.54) is 0 Å². The van der Waals surface area contributed by atoms with Crippen molar-refractivity contribution >= 4 is 16.9 Å². The van der Waals surface area contributed by atoms with Crippen molar-refractivity contribution in [3.05, 3.63) is 71.9 Å². The number of aromatic nitrogens is 1. The third kappa shape index (κ3) is 3.48. The van der Waals surface area contributed by atoms with Crippen LogP contribution in [0.2, 0.25) is 0 Å². The van der Waals surface area contributed by atoms with Gasteiger partial charge in [0.25, 0.3) is 0 Å². The summed E-state index contributed by atoms with van der Waals surface area (Å²) in [5.41, 5.74) is 1.97. The van der Waals surface area contributed by atoms with Gasteiger partial charge in [0.1, 0.15) is 6.61 Å². The van der Waals surface area contributed by atoms with Crippen molar-refractivity contribution < 1.29 is 14.3 Å². The lowest BCUT2D eigenvalue weighted by atomic mass is 10.2. The number of fused-ring (bicyclic) bond motifs is 1. The molecule has 1 aromatic heterocycles. The number of esters is 1. The molecule has 116 valence electrons. The number of hydrogen-bond donors (Lipinski definition) is 0. The molecule has 0 fully saturated rings. The van der Waals surface area contributed by atoms with E-state index in [4.69, 9.17) is 9.47 Å². The zero-order valence-electron chi connectivity index (χ0n) is 12.9. The topological polar surface area (TPSA) is 48.4 Å². The molecule has 0 aliphatic carbocycles. The monoisotopic (exact) mass is 307 g/mol. The molecule has 4 heteroatoms. The summed E-state index contributed by atoms with van der Waals surface area (Å²) in [5.74, 6) is -0.0349. The molecule has 4 nitrogen and oxygen atoms in total. The lowest BCUT2D eigenvalue weighted by Crippen LogP contribution is -2.10. The Morgan fingerprint density at radius 2 is 1.78 bits per heavy atom. The fraction of sp³-hybridized carbons (Fsp3) is 0.158. The smallest absolute Gasteiger partial charge is 0.360 e. The molecule has 0 radical (unpaired) electrons. The van der Waals surface area contributed by atoms with Crippen LogP contribution in [0.3, 0.4) is 0 Å². The van der Waals surface area contributed by atoms with Crippen LogP contribution in [-0.2, 0) is 11.3 Å². The number of benzene rings is 2. The largest absolute Gasteiger partial charge is 0.486 e. The van der Waals surface area contributed by atoms with Crippen LogP contribution in [0, 0.1) is 0 Å². The minimum Gasteiger partial charge on any atom is -0.486 e. The fourth-order valence-corrected chi connectivity index (χ4v) is 2.29. The van der Waals surface area contributed by atoms with Crippen LogP contribution >= 0.6 is 0 Å². The quantitative estimate of drug-likeness (QED) is 0.669. The van der Waals surface area contributed by atoms with E-state index in [0.29, 0.717) is 19.0 Å². The van der Waals surface area contributed by atoms with Crippen LogP contribution in [-0.4, -0.2) is 17.6 Å². The highest BCUT2D eigenvalue weighted by atomic mass is 16.5. The fourth-order valence-electron chi connectivity index (χ4n) is 2.29. The summed E-state index contributed by atoms with van der Waals surface area (Å²) in [6.45, 7) is 2.43. The van der Waals surface area contributed by atoms with E-state index in [-0.39, 0.29) is 5.69 Å². The van der Waals surface area contributed by atoms with Crippen molar-refractivity contribution in [1.82, 2.24) is 4.98 Å². The zero-order valence-corrected chi connectivity index (χ0v) is 12.9. The Morgan fingerprint density at radius 3 is 2.57 bits per heavy atom. The van der Waals surface area contributed by atoms with Gasteiger partial charge in [-0.2, -0.15) is 0 Å². The second kappa shape index (κ2) is 6.92. The molecule has 0 spiro atoms. The van der Waals surface area contributed by atoms with Crippen molar-refractivity contribution in [2.75, 3.05) is 6.61 Å². The van der Waals surface area contributed by atoms with Gasteiger partial charge in [-0.1, -0.05) is 48.5 Å². The average Bonchev–Trinajstić information content (AvgIpc) is 2.60. The minimum atomic E-state index is -0.471. The molecule has 0 atom stereocenters. The van der Waals surface area contributed by atoms with Gasteiger partial charge in [0, 0.05) is 5.39 Å². The van der Waals surface area contributed by atoms with E-state index in [1.807, 2.05) is 60.7 Å². The molecule has 0 aliphatic heterocycles. The first-order valence-electron chi connectivity index (χ1n) is 7.51. The molecule has 0 bridgehead atoms. The lowest BCUT2D eigenvalue weighted by Gasteiger charge is -2.11. The predicted molar refractivity (Wildman–Crippen MR) is 88.5 cm³/mol. The number of hydrogen-bond acceptors (Lipinski definition) is 4. The summed E-state index contributed by atoms with van der Waals surface area (Å²) < 4.78 is 10.9. The third-order valence-corrected chi connectivity index (χ3v) is 3.39. The Bertz CT molecular complexity index is 815. The zero-order chi connectivity index (χ0) is 16.1. The van der Waals surface area contributed by atoms with Crippen molar-refractivity contribution in [2.24, 2.45) is 0 Å². The first kappa shape index (κ1) is 15.0. The summed E-state index contributed by atoms with van der Waals surface area (Å²) in [7, 11) is 0. The van der Waals surface area contributed by atoms with Crippen LogP contribution in [0.25, 0.3) is 10.9 Å². The lowest BCUT2D eigenvalue weighted by molar-refractivity contribution is 0.0514. The molecule has 0 aliphatic rings. The second-order valence-corrected chi connectivity index (χ2v) is 5.02. The molecule has 0 amide bonds. The van der Waals surface area contributed by atoms with E-state index in [1.54, 1.807) is 6.92 Å². The molecule has 1 heterocycles. The normalized spacial score (nSPS) is 10.5. The van der Waals surface area contributed by atoms with E-state index in [9.17, 15) is 4.79 Å². The maximum atomic E-state index is 12.2. The number of rotatable bonds is 5. The Morgan fingerprint density at radius 1 is 1.04 bits per heavy atom. The van der Waals surface area contributed by atoms with Crippen LogP contribution in [0.15, 0.2) is 60.7 Å². The number of carbonyl (C=O) groups excluding carboxylic acids is 1. The summed E-state index contributed by atoms with van der Waals surface area (Å²) in [4.78, 5) is 16.6. The highest BCUT2D eigenvalue weighted by Crippen LogP contribution is 2.24. The van der Waals surface area contributed by atoms with Gasteiger partial charge in [-0.25, -0.2) is 9.78 Å². The van der Waals surface area contributed by atoms with Gasteiger partial charge in [-0.3, -0.25) is 0 Å². The maximum Gasteiger partial charge on any atom is 0.360 e. The number of para-hydroxylation sites is 1. The highest BCUT2D eigenvalue weighted by Gasteiger charge is 2.17. The van der Waals surface area contributed by atoms with Gasteiger partial charge >= 0.3 is 5.97 Å². The predicted octanol–water partition coefficient (Wildman–Crippen LogP) is 3.99. The average molecular weight is 307 g/mol. The van der Waals surface area contributed by atoms with E-state index in [2.05, 4.69) is 4.98 Å². The molecule has 2 aromatic carbocycles. The molecular formula is C19H17NO3. The first-order valence-corrected chi connectivity index (χ1v) is 7.51. The molecular weight excluding hydrogens is 290 g/mol. The standard InChI is InChI=1S/C19H17NO3/c1-2-22-19(21)18-17(23-13-14-8-4-3-5-9-14)12-15-10-6-7-11-16(15)20-18/h3-12H,2,13H2,1H3. The Hall–Kier alpha value is -2.88. The van der Waals surface area contributed by atoms with Crippen LogP contribution < -0.4 is 4.74 Å². The van der Waals surface area contributed by atoms with Gasteiger partial charge in [0.15, 0.2) is 11.4 Å². The van der Waals surface area contributed by atoms with E-state index >= 15 is 0 Å². The molecule has 3 aromatic rings. The molecule has 23 heavy (non-hydrogen) atoms. The van der Waals surface area contributed by atoms with E-state index < -0.39 is 5.97 Å². The Balaban J connectivity index is 1.95. The van der Waals surface area contributed by atoms with Gasteiger partial charge in [0.05, 0.1) is 12.1 Å². The van der Waals surface area contributed by atoms with Crippen molar-refractivity contribution in [3.63, 3.8) is 0 Å². The van der Waals surface area contributed by atoms with Crippen molar-refractivity contribution in [2.45, 2.75) is 13.5 Å². The van der Waals surface area contributed by atoms with Crippen LogP contribution in [0.1, 0.15) is 23.0 Å². The molecule has 0 unspecified atom stereocenters. The SMILES string of the molecule is CCOC(=O)c1nc2ccccc2cc1OCc1ccccc1. The second-order valence-electron chi connectivity index (χ2n) is 5.02. The Kier molecular flexibility index (Phi) is 4.52. The van der Waals surface area contributed by atoms with Crippen LogP contribution in [0.4, 0.5) is 0 Å². The number of ether oxygens (including phenoxy) is 2. The maximum absolute atomic E-state index is 12.2. The minimum absolute atomic E-state index is 0.210. The first-order chi connectivity index (χ1) is 11.3. The van der Waals surface area contributed by atoms with Gasteiger partial charge < -0.3 is 9.47 Å². The molecule has 0 N–H and O–H groups in total. The highest BCUT2D eigenvalue weighted by molar-refractivity contribution is 5.94. The summed E-state index contributed by atoms with van der Waals surface area (Å²) in [6, 6.07) is 19.2. The number of nitrogens with zero attached hydrogens (tertiary/aromatic N) is 1. The van der Waals surface area contributed by atoms with E-state index in [0.717, 1.165) is 16.5 Å². The number of pyridine rings is 1. The Labute approximate surface area is 134 Å². The molecule has 0 saturated heterocycles. The van der Waals surface area contributed by atoms with Crippen molar-refractivity contribution in [1.29, 1.82) is 0 Å². The van der Waals surface area contributed by atoms with Crippen molar-refractivity contribution in [3.8, 4) is 5.75 Å². The molecule has 0 saturated carbocycles.